The summed E-state index contributed by atoms with van der Waals surface area (Å²) >= 11 is 0. The van der Waals surface area contributed by atoms with Crippen molar-refractivity contribution in [1.82, 2.24) is 9.88 Å². The summed E-state index contributed by atoms with van der Waals surface area (Å²) in [5.41, 5.74) is 3.18. The van der Waals surface area contributed by atoms with Gasteiger partial charge in [-0.05, 0) is 18.6 Å². The van der Waals surface area contributed by atoms with Crippen molar-refractivity contribution in [3.05, 3.63) is 23.0 Å². The van der Waals surface area contributed by atoms with Crippen molar-refractivity contribution in [3.8, 4) is 0 Å². The van der Waals surface area contributed by atoms with Gasteiger partial charge in [-0.25, -0.2) is 0 Å². The Morgan fingerprint density at radius 2 is 2.43 bits per heavy atom. The molecule has 1 unspecified atom stereocenters. The number of aliphatic carboxylic acids is 1. The van der Waals surface area contributed by atoms with Crippen LogP contribution in [-0.4, -0.2) is 22.2 Å². The molecule has 2 rings (SSSR count). The number of nitrogens with one attached hydrogen (secondary N) is 1. The van der Waals surface area contributed by atoms with Gasteiger partial charge in [0, 0.05) is 31.5 Å². The zero-order chi connectivity index (χ0) is 10.3. The molecule has 0 fully saturated rings. The van der Waals surface area contributed by atoms with Crippen molar-refractivity contribution in [2.45, 2.75) is 19.4 Å². The highest BCUT2D eigenvalue weighted by molar-refractivity contribution is 5.77. The van der Waals surface area contributed by atoms with Crippen LogP contribution in [0.15, 0.2) is 6.07 Å². The van der Waals surface area contributed by atoms with E-state index in [2.05, 4.69) is 11.4 Å². The minimum atomic E-state index is -0.750. The van der Waals surface area contributed by atoms with Crippen LogP contribution < -0.4 is 5.32 Å². The van der Waals surface area contributed by atoms with Crippen molar-refractivity contribution in [2.24, 2.45) is 7.05 Å². The van der Waals surface area contributed by atoms with Gasteiger partial charge >= 0.3 is 5.97 Å². The minimum absolute atomic E-state index is 0.405. The molecule has 1 aliphatic rings. The fourth-order valence-corrected chi connectivity index (χ4v) is 2.08. The Balaban J connectivity index is 2.52. The molecule has 1 aliphatic heterocycles. The molecule has 0 aliphatic carbocycles. The van der Waals surface area contributed by atoms with E-state index < -0.39 is 11.9 Å². The number of hydrogen-bond donors (Lipinski definition) is 2. The number of carboxylic acids is 1. The zero-order valence-electron chi connectivity index (χ0n) is 8.37. The van der Waals surface area contributed by atoms with Crippen LogP contribution in [0, 0.1) is 6.92 Å². The van der Waals surface area contributed by atoms with Gasteiger partial charge in [-0.15, -0.1) is 0 Å². The third-order valence-corrected chi connectivity index (χ3v) is 2.89. The van der Waals surface area contributed by atoms with E-state index in [9.17, 15) is 4.79 Å². The van der Waals surface area contributed by atoms with Crippen LogP contribution >= 0.6 is 0 Å². The topological polar surface area (TPSA) is 54.3 Å². The van der Waals surface area contributed by atoms with Gasteiger partial charge < -0.3 is 15.0 Å². The summed E-state index contributed by atoms with van der Waals surface area (Å²) < 4.78 is 1.98. The van der Waals surface area contributed by atoms with Crippen molar-refractivity contribution < 1.29 is 9.90 Å². The van der Waals surface area contributed by atoms with E-state index in [1.165, 1.54) is 0 Å². The molecule has 2 N–H and O–H groups in total. The molecule has 1 aromatic rings. The smallest absolute Gasteiger partial charge is 0.313 e. The summed E-state index contributed by atoms with van der Waals surface area (Å²) in [7, 11) is 1.93. The predicted octanol–water partition coefficient (Wildman–Crippen LogP) is 0.605. The van der Waals surface area contributed by atoms with Gasteiger partial charge in [-0.2, -0.15) is 0 Å². The number of fused-ring (bicyclic) bond motifs is 1. The molecule has 0 saturated heterocycles. The van der Waals surface area contributed by atoms with Crippen LogP contribution in [0.3, 0.4) is 0 Å². The van der Waals surface area contributed by atoms with Crippen LogP contribution in [0.4, 0.5) is 0 Å². The van der Waals surface area contributed by atoms with Gasteiger partial charge in [-0.1, -0.05) is 0 Å². The first-order valence-corrected chi connectivity index (χ1v) is 4.70. The Hall–Kier alpha value is -1.29. The number of carbonyl (C=O) groups is 1. The second-order valence-corrected chi connectivity index (χ2v) is 3.78. The number of nitrogens with zero attached hydrogens (tertiary/aromatic N) is 1. The van der Waals surface area contributed by atoms with Gasteiger partial charge in [0.25, 0.3) is 0 Å². The van der Waals surface area contributed by atoms with Gasteiger partial charge in [0.2, 0.25) is 0 Å². The lowest BCUT2D eigenvalue weighted by Crippen LogP contribution is -2.33. The number of aryl methyl sites for hydroxylation is 1. The van der Waals surface area contributed by atoms with E-state index in [0.29, 0.717) is 6.54 Å². The molecule has 0 saturated carbocycles. The molecule has 2 heterocycles. The molecule has 4 nitrogen and oxygen atoms in total. The third kappa shape index (κ3) is 1.23. The van der Waals surface area contributed by atoms with Crippen LogP contribution in [0.2, 0.25) is 0 Å². The molecule has 0 spiro atoms. The molecule has 0 amide bonds. The maximum atomic E-state index is 11.0. The lowest BCUT2D eigenvalue weighted by molar-refractivity contribution is -0.139. The number of carboxylic acid groups (broad SMARTS) is 1. The summed E-state index contributed by atoms with van der Waals surface area (Å²) in [4.78, 5) is 11.0. The molecule has 1 atom stereocenters. The highest BCUT2D eigenvalue weighted by atomic mass is 16.4. The van der Waals surface area contributed by atoms with Crippen LogP contribution in [0.25, 0.3) is 0 Å². The third-order valence-electron chi connectivity index (χ3n) is 2.89. The average molecular weight is 194 g/mol. The van der Waals surface area contributed by atoms with Gasteiger partial charge in [0.15, 0.2) is 0 Å². The van der Waals surface area contributed by atoms with E-state index in [1.54, 1.807) is 0 Å². The molecule has 0 radical (unpaired) electrons. The maximum Gasteiger partial charge on any atom is 0.313 e. The maximum absolute atomic E-state index is 11.0. The summed E-state index contributed by atoms with van der Waals surface area (Å²) in [5, 5.41) is 12.2. The number of rotatable bonds is 1. The van der Waals surface area contributed by atoms with Gasteiger partial charge in [0.1, 0.15) is 5.92 Å². The highest BCUT2D eigenvalue weighted by Crippen LogP contribution is 2.26. The lowest BCUT2D eigenvalue weighted by atomic mass is 9.98. The first-order valence-electron chi connectivity index (χ1n) is 4.70. The standard InChI is InChI=1S/C10H14N2O2/c1-6-3-7-4-11-5-8(10(13)14)9(7)12(6)2/h3,8,11H,4-5H2,1-2H3,(H,13,14). The summed E-state index contributed by atoms with van der Waals surface area (Å²) in [5.74, 6) is -1.16. The monoisotopic (exact) mass is 194 g/mol. The second-order valence-electron chi connectivity index (χ2n) is 3.78. The normalized spacial score (nSPS) is 20.6. The molecule has 1 aromatic heterocycles. The Bertz CT molecular complexity index is 382. The number of hydrogen-bond acceptors (Lipinski definition) is 2. The Morgan fingerprint density at radius 3 is 3.07 bits per heavy atom. The average Bonchev–Trinajstić information content (AvgIpc) is 2.43. The predicted molar refractivity (Wildman–Crippen MR) is 52.2 cm³/mol. The second kappa shape index (κ2) is 3.13. The highest BCUT2D eigenvalue weighted by Gasteiger charge is 2.29. The molecule has 76 valence electrons. The van der Waals surface area contributed by atoms with Crippen molar-refractivity contribution in [2.75, 3.05) is 6.54 Å². The van der Waals surface area contributed by atoms with E-state index in [4.69, 9.17) is 5.11 Å². The molecule has 4 heteroatoms. The minimum Gasteiger partial charge on any atom is -0.481 e. The first-order chi connectivity index (χ1) is 6.61. The Morgan fingerprint density at radius 1 is 1.71 bits per heavy atom. The SMILES string of the molecule is Cc1cc2c(n1C)C(C(=O)O)CNC2. The Kier molecular flexibility index (Phi) is 2.07. The van der Waals surface area contributed by atoms with Crippen molar-refractivity contribution >= 4 is 5.97 Å². The van der Waals surface area contributed by atoms with Crippen molar-refractivity contribution in [1.29, 1.82) is 0 Å². The van der Waals surface area contributed by atoms with Crippen LogP contribution in [0.5, 0.6) is 0 Å². The molecular weight excluding hydrogens is 180 g/mol. The van der Waals surface area contributed by atoms with Gasteiger partial charge in [-0.3, -0.25) is 4.79 Å². The Labute approximate surface area is 82.5 Å². The lowest BCUT2D eigenvalue weighted by Gasteiger charge is -2.22. The fourth-order valence-electron chi connectivity index (χ4n) is 2.08. The summed E-state index contributed by atoms with van der Waals surface area (Å²) in [6, 6.07) is 2.05. The zero-order valence-corrected chi connectivity index (χ0v) is 8.37. The number of aromatic nitrogens is 1. The molecule has 14 heavy (non-hydrogen) atoms. The van der Waals surface area contributed by atoms with E-state index in [0.717, 1.165) is 23.5 Å². The van der Waals surface area contributed by atoms with E-state index in [1.807, 2.05) is 18.5 Å². The molecular formula is C10H14N2O2. The van der Waals surface area contributed by atoms with E-state index >= 15 is 0 Å². The van der Waals surface area contributed by atoms with E-state index in [-0.39, 0.29) is 0 Å². The summed E-state index contributed by atoms with van der Waals surface area (Å²) in [6.07, 6.45) is 0. The van der Waals surface area contributed by atoms with Gasteiger partial charge in [0.05, 0.1) is 0 Å². The largest absolute Gasteiger partial charge is 0.481 e. The molecule has 0 aromatic carbocycles. The van der Waals surface area contributed by atoms with Crippen molar-refractivity contribution in [3.63, 3.8) is 0 Å². The quantitative estimate of drug-likeness (QED) is 0.688. The molecule has 0 bridgehead atoms. The van der Waals surface area contributed by atoms with Crippen LogP contribution in [0.1, 0.15) is 22.9 Å². The fraction of sp³-hybridized carbons (Fsp3) is 0.500. The van der Waals surface area contributed by atoms with Crippen LogP contribution in [-0.2, 0) is 18.4 Å². The summed E-state index contributed by atoms with van der Waals surface area (Å²) in [6.45, 7) is 3.30. The first kappa shape index (κ1) is 9.27.